The molecule has 6 nitrogen and oxygen atoms in total. The molecule has 0 unspecified atom stereocenters. The molecule has 0 aromatic carbocycles. The quantitative estimate of drug-likeness (QED) is 0.839. The molecule has 0 saturated carbocycles. The predicted molar refractivity (Wildman–Crippen MR) is 106 cm³/mol. The lowest BCUT2D eigenvalue weighted by Gasteiger charge is -2.27. The molecular weight excluding hydrogens is 328 g/mol. The second-order valence-corrected chi connectivity index (χ2v) is 9.74. The van der Waals surface area contributed by atoms with Gasteiger partial charge in [-0.25, -0.2) is 0 Å². The lowest BCUT2D eigenvalue weighted by molar-refractivity contribution is -0.136. The summed E-state index contributed by atoms with van der Waals surface area (Å²) in [6.07, 6.45) is 0.423. The van der Waals surface area contributed by atoms with Gasteiger partial charge in [0.15, 0.2) is 0 Å². The molecule has 0 radical (unpaired) electrons. The van der Waals surface area contributed by atoms with Gasteiger partial charge in [0.05, 0.1) is 12.2 Å². The van der Waals surface area contributed by atoms with Crippen molar-refractivity contribution in [2.45, 2.75) is 67.2 Å². The first-order valence-electron chi connectivity index (χ1n) is 9.31. The van der Waals surface area contributed by atoms with E-state index in [1.54, 1.807) is 9.58 Å². The maximum Gasteiger partial charge on any atom is 0.245 e. The number of anilines is 1. The smallest absolute Gasteiger partial charge is 0.245 e. The second kappa shape index (κ2) is 8.23. The summed E-state index contributed by atoms with van der Waals surface area (Å²) in [5.41, 5.74) is 0.720. The number of aryl methyl sites for hydroxylation is 1. The normalized spacial score (nSPS) is 12.4. The Morgan fingerprint density at radius 1 is 1.19 bits per heavy atom. The molecule has 26 heavy (non-hydrogen) atoms. The van der Waals surface area contributed by atoms with Gasteiger partial charge in [-0.15, -0.1) is 0 Å². The Hall–Kier alpha value is -1.85. The van der Waals surface area contributed by atoms with E-state index in [9.17, 15) is 9.59 Å². The molecule has 0 saturated heterocycles. The van der Waals surface area contributed by atoms with E-state index in [0.29, 0.717) is 24.7 Å². The zero-order valence-corrected chi connectivity index (χ0v) is 17.9. The molecule has 1 aromatic heterocycles. The fourth-order valence-corrected chi connectivity index (χ4v) is 2.57. The summed E-state index contributed by atoms with van der Waals surface area (Å²) < 4.78 is 1.67. The van der Waals surface area contributed by atoms with Crippen molar-refractivity contribution < 1.29 is 9.59 Å². The number of nitrogens with one attached hydrogen (secondary N) is 1. The lowest BCUT2D eigenvalue weighted by Crippen LogP contribution is -2.41. The topological polar surface area (TPSA) is 67.2 Å². The molecule has 0 aliphatic heterocycles. The Labute approximate surface area is 158 Å². The van der Waals surface area contributed by atoms with Gasteiger partial charge < -0.3 is 10.2 Å². The first-order valence-corrected chi connectivity index (χ1v) is 9.31. The highest BCUT2D eigenvalue weighted by Crippen LogP contribution is 2.23. The third kappa shape index (κ3) is 7.18. The first-order chi connectivity index (χ1) is 11.7. The summed E-state index contributed by atoms with van der Waals surface area (Å²) in [4.78, 5) is 26.8. The van der Waals surface area contributed by atoms with E-state index in [2.05, 4.69) is 31.2 Å². The van der Waals surface area contributed by atoms with Crippen molar-refractivity contribution in [3.8, 4) is 0 Å². The minimum atomic E-state index is -0.198. The molecule has 1 heterocycles. The van der Waals surface area contributed by atoms with Crippen molar-refractivity contribution in [3.05, 3.63) is 11.8 Å². The number of aromatic nitrogens is 2. The van der Waals surface area contributed by atoms with Gasteiger partial charge in [0, 0.05) is 31.5 Å². The summed E-state index contributed by atoms with van der Waals surface area (Å²) in [6, 6.07) is 1.89. The molecule has 0 atom stereocenters. The fraction of sp³-hybridized carbons (Fsp3) is 0.750. The molecule has 6 heteroatoms. The molecule has 0 fully saturated rings. The maximum atomic E-state index is 12.6. The SMILES string of the molecule is CC(C)CN(CC(=O)Nc1cc(C(C)(C)C)nn1C)C(=O)CC(C)(C)C. The van der Waals surface area contributed by atoms with Crippen LogP contribution in [0.4, 0.5) is 5.82 Å². The highest BCUT2D eigenvalue weighted by molar-refractivity contribution is 5.94. The number of rotatable bonds is 6. The van der Waals surface area contributed by atoms with Crippen molar-refractivity contribution in [2.75, 3.05) is 18.4 Å². The number of nitrogens with zero attached hydrogens (tertiary/aromatic N) is 3. The van der Waals surface area contributed by atoms with Crippen LogP contribution in [0.15, 0.2) is 6.07 Å². The zero-order valence-electron chi connectivity index (χ0n) is 17.9. The van der Waals surface area contributed by atoms with Crippen LogP contribution in [0.5, 0.6) is 0 Å². The zero-order chi connectivity index (χ0) is 20.3. The van der Waals surface area contributed by atoms with Crippen LogP contribution in [0.3, 0.4) is 0 Å². The highest BCUT2D eigenvalue weighted by Gasteiger charge is 2.24. The van der Waals surface area contributed by atoms with Crippen LogP contribution in [0, 0.1) is 11.3 Å². The largest absolute Gasteiger partial charge is 0.333 e. The third-order valence-electron chi connectivity index (χ3n) is 3.87. The van der Waals surface area contributed by atoms with Crippen LogP contribution in [-0.4, -0.2) is 39.6 Å². The van der Waals surface area contributed by atoms with Gasteiger partial charge in [-0.1, -0.05) is 55.4 Å². The van der Waals surface area contributed by atoms with Crippen LogP contribution in [0.1, 0.15) is 67.5 Å². The van der Waals surface area contributed by atoms with Gasteiger partial charge in [-0.3, -0.25) is 14.3 Å². The van der Waals surface area contributed by atoms with Gasteiger partial charge >= 0.3 is 0 Å². The van der Waals surface area contributed by atoms with Crippen molar-refractivity contribution in [3.63, 3.8) is 0 Å². The van der Waals surface area contributed by atoms with Crippen LogP contribution >= 0.6 is 0 Å². The number of amides is 2. The van der Waals surface area contributed by atoms with Crippen LogP contribution < -0.4 is 5.32 Å². The van der Waals surface area contributed by atoms with Crippen molar-refractivity contribution in [2.24, 2.45) is 18.4 Å². The summed E-state index contributed by atoms with van der Waals surface area (Å²) in [6.45, 7) is 17.1. The number of hydrogen-bond donors (Lipinski definition) is 1. The standard InChI is InChI=1S/C20H36N4O2/c1-14(2)12-24(18(26)11-19(3,4)5)13-17(25)21-16-10-15(20(6,7)8)22-23(16)9/h10,14H,11-13H2,1-9H3,(H,21,25). The van der Waals surface area contributed by atoms with Gasteiger partial charge in [-0.05, 0) is 11.3 Å². The molecular formula is C20H36N4O2. The van der Waals surface area contributed by atoms with Gasteiger partial charge in [-0.2, -0.15) is 5.10 Å². The second-order valence-electron chi connectivity index (χ2n) is 9.74. The Morgan fingerprint density at radius 3 is 2.19 bits per heavy atom. The predicted octanol–water partition coefficient (Wildman–Crippen LogP) is 3.58. The summed E-state index contributed by atoms with van der Waals surface area (Å²) in [5, 5.41) is 7.36. The minimum Gasteiger partial charge on any atom is -0.333 e. The van der Waals surface area contributed by atoms with Crippen molar-refractivity contribution >= 4 is 17.6 Å². The summed E-state index contributed by atoms with van der Waals surface area (Å²) in [7, 11) is 1.81. The number of hydrogen-bond acceptors (Lipinski definition) is 3. The maximum absolute atomic E-state index is 12.6. The van der Waals surface area contributed by atoms with Crippen molar-refractivity contribution in [1.82, 2.24) is 14.7 Å². The minimum absolute atomic E-state index is 0.0155. The molecule has 1 N–H and O–H groups in total. The van der Waals surface area contributed by atoms with E-state index in [4.69, 9.17) is 0 Å². The van der Waals surface area contributed by atoms with Gasteiger partial charge in [0.1, 0.15) is 5.82 Å². The summed E-state index contributed by atoms with van der Waals surface area (Å²) >= 11 is 0. The molecule has 0 aliphatic rings. The third-order valence-corrected chi connectivity index (χ3v) is 3.87. The van der Waals surface area contributed by atoms with E-state index in [-0.39, 0.29) is 29.2 Å². The van der Waals surface area contributed by atoms with Gasteiger partial charge in [0.25, 0.3) is 0 Å². The summed E-state index contributed by atoms with van der Waals surface area (Å²) in [5.74, 6) is 0.765. The van der Waals surface area contributed by atoms with E-state index < -0.39 is 0 Å². The molecule has 0 aliphatic carbocycles. The van der Waals surface area contributed by atoms with E-state index in [0.717, 1.165) is 5.69 Å². The Morgan fingerprint density at radius 2 is 1.77 bits per heavy atom. The van der Waals surface area contributed by atoms with E-state index in [1.807, 2.05) is 47.7 Å². The van der Waals surface area contributed by atoms with Crippen LogP contribution in [0.25, 0.3) is 0 Å². The van der Waals surface area contributed by atoms with Crippen molar-refractivity contribution in [1.29, 1.82) is 0 Å². The molecule has 1 aromatic rings. The fourth-order valence-electron chi connectivity index (χ4n) is 2.57. The number of carbonyl (C=O) groups is 2. The monoisotopic (exact) mass is 364 g/mol. The van der Waals surface area contributed by atoms with E-state index >= 15 is 0 Å². The molecule has 2 amide bonds. The van der Waals surface area contributed by atoms with E-state index in [1.165, 1.54) is 0 Å². The number of carbonyl (C=O) groups excluding carboxylic acids is 2. The highest BCUT2D eigenvalue weighted by atomic mass is 16.2. The Kier molecular flexibility index (Phi) is 7.02. The molecule has 1 rings (SSSR count). The Balaban J connectivity index is 2.84. The first kappa shape index (κ1) is 22.2. The molecule has 0 spiro atoms. The van der Waals surface area contributed by atoms with Crippen LogP contribution in [-0.2, 0) is 22.1 Å². The van der Waals surface area contributed by atoms with Gasteiger partial charge in [0.2, 0.25) is 11.8 Å². The molecule has 148 valence electrons. The average molecular weight is 365 g/mol. The lowest BCUT2D eigenvalue weighted by atomic mass is 9.91. The average Bonchev–Trinajstić information content (AvgIpc) is 2.76. The molecule has 0 bridgehead atoms. The Bertz CT molecular complexity index is 633. The van der Waals surface area contributed by atoms with Crippen LogP contribution in [0.2, 0.25) is 0 Å².